The molecule has 0 aromatic heterocycles. The standard InChI is InChI=1S/C16H19NO4/c1-3-20-15(18)14-10-17(9-12(14)2)16(19)21-11-13-7-5-4-6-8-13/h4-8H,3,9-11H2,1-2H3. The zero-order chi connectivity index (χ0) is 15.2. The van der Waals surface area contributed by atoms with Crippen LogP contribution in [0.4, 0.5) is 4.79 Å². The number of amides is 1. The van der Waals surface area contributed by atoms with E-state index in [-0.39, 0.29) is 19.1 Å². The van der Waals surface area contributed by atoms with Crippen molar-refractivity contribution in [3.8, 4) is 0 Å². The summed E-state index contributed by atoms with van der Waals surface area (Å²) < 4.78 is 10.2. The minimum Gasteiger partial charge on any atom is -0.463 e. The number of carbonyl (C=O) groups excluding carboxylic acids is 2. The van der Waals surface area contributed by atoms with Crippen molar-refractivity contribution >= 4 is 12.1 Å². The van der Waals surface area contributed by atoms with E-state index in [1.165, 1.54) is 4.90 Å². The van der Waals surface area contributed by atoms with Gasteiger partial charge >= 0.3 is 12.1 Å². The number of carbonyl (C=O) groups is 2. The molecule has 21 heavy (non-hydrogen) atoms. The molecule has 2 rings (SSSR count). The first-order valence-corrected chi connectivity index (χ1v) is 6.93. The van der Waals surface area contributed by atoms with E-state index in [1.54, 1.807) is 6.92 Å². The Balaban J connectivity index is 1.87. The van der Waals surface area contributed by atoms with Crippen molar-refractivity contribution < 1.29 is 19.1 Å². The lowest BCUT2D eigenvalue weighted by molar-refractivity contribution is -0.138. The molecule has 5 heteroatoms. The second-order valence-electron chi connectivity index (χ2n) is 4.88. The highest BCUT2D eigenvalue weighted by molar-refractivity contribution is 5.91. The Morgan fingerprint density at radius 2 is 1.86 bits per heavy atom. The topological polar surface area (TPSA) is 55.8 Å². The summed E-state index contributed by atoms with van der Waals surface area (Å²) in [6, 6.07) is 9.48. The van der Waals surface area contributed by atoms with Gasteiger partial charge < -0.3 is 9.47 Å². The Labute approximate surface area is 124 Å². The van der Waals surface area contributed by atoms with Crippen molar-refractivity contribution in [2.45, 2.75) is 20.5 Å². The van der Waals surface area contributed by atoms with Crippen molar-refractivity contribution in [2.75, 3.05) is 19.7 Å². The Hall–Kier alpha value is -2.30. The zero-order valence-corrected chi connectivity index (χ0v) is 12.3. The number of esters is 1. The van der Waals surface area contributed by atoms with Crippen LogP contribution < -0.4 is 0 Å². The summed E-state index contributed by atoms with van der Waals surface area (Å²) in [5.74, 6) is -0.353. The third-order valence-corrected chi connectivity index (χ3v) is 3.28. The molecule has 0 saturated heterocycles. The van der Waals surface area contributed by atoms with Crippen LogP contribution in [0.15, 0.2) is 41.5 Å². The quantitative estimate of drug-likeness (QED) is 0.799. The molecule has 0 radical (unpaired) electrons. The van der Waals surface area contributed by atoms with E-state index >= 15 is 0 Å². The van der Waals surface area contributed by atoms with Crippen LogP contribution in [0.5, 0.6) is 0 Å². The second-order valence-corrected chi connectivity index (χ2v) is 4.88. The van der Waals surface area contributed by atoms with Crippen molar-refractivity contribution in [1.29, 1.82) is 0 Å². The lowest BCUT2D eigenvalue weighted by Gasteiger charge is -2.16. The fourth-order valence-corrected chi connectivity index (χ4v) is 2.16. The first-order valence-electron chi connectivity index (χ1n) is 6.93. The van der Waals surface area contributed by atoms with Crippen LogP contribution in [0.3, 0.4) is 0 Å². The molecule has 112 valence electrons. The van der Waals surface area contributed by atoms with Gasteiger partial charge in [-0.3, -0.25) is 4.90 Å². The number of nitrogens with zero attached hydrogens (tertiary/aromatic N) is 1. The van der Waals surface area contributed by atoms with Gasteiger partial charge in [0, 0.05) is 6.54 Å². The smallest absolute Gasteiger partial charge is 0.410 e. The SMILES string of the molecule is CCOC(=O)C1=C(C)CN(C(=O)OCc2ccccc2)C1. The number of hydrogen-bond donors (Lipinski definition) is 0. The van der Waals surface area contributed by atoms with Gasteiger partial charge in [-0.05, 0) is 25.0 Å². The molecule has 5 nitrogen and oxygen atoms in total. The van der Waals surface area contributed by atoms with Crippen LogP contribution in [0.25, 0.3) is 0 Å². The summed E-state index contributed by atoms with van der Waals surface area (Å²) in [5, 5.41) is 0. The van der Waals surface area contributed by atoms with E-state index in [0.29, 0.717) is 18.7 Å². The first-order chi connectivity index (χ1) is 10.1. The Kier molecular flexibility index (Phi) is 4.98. The average molecular weight is 289 g/mol. The van der Waals surface area contributed by atoms with Crippen LogP contribution in [0.2, 0.25) is 0 Å². The fourth-order valence-electron chi connectivity index (χ4n) is 2.16. The second kappa shape index (κ2) is 6.92. The highest BCUT2D eigenvalue weighted by Crippen LogP contribution is 2.19. The van der Waals surface area contributed by atoms with Crippen molar-refractivity contribution in [2.24, 2.45) is 0 Å². The molecule has 0 unspecified atom stereocenters. The van der Waals surface area contributed by atoms with Gasteiger partial charge in [-0.25, -0.2) is 9.59 Å². The van der Waals surface area contributed by atoms with Crippen molar-refractivity contribution in [1.82, 2.24) is 4.90 Å². The predicted molar refractivity (Wildman–Crippen MR) is 77.5 cm³/mol. The molecule has 1 amide bonds. The van der Waals surface area contributed by atoms with Crippen LogP contribution in [-0.2, 0) is 20.9 Å². The number of hydrogen-bond acceptors (Lipinski definition) is 4. The molecule has 1 aromatic rings. The third kappa shape index (κ3) is 3.84. The van der Waals surface area contributed by atoms with E-state index in [2.05, 4.69) is 0 Å². The third-order valence-electron chi connectivity index (χ3n) is 3.28. The summed E-state index contributed by atoms with van der Waals surface area (Å²) in [6.45, 7) is 4.80. The summed E-state index contributed by atoms with van der Waals surface area (Å²) in [4.78, 5) is 25.3. The molecule has 0 aliphatic carbocycles. The van der Waals surface area contributed by atoms with Gasteiger partial charge in [0.15, 0.2) is 0 Å². The van der Waals surface area contributed by atoms with E-state index in [4.69, 9.17) is 9.47 Å². The Bertz CT molecular complexity index is 551. The molecule has 0 atom stereocenters. The monoisotopic (exact) mass is 289 g/mol. The van der Waals surface area contributed by atoms with Crippen molar-refractivity contribution in [3.05, 3.63) is 47.0 Å². The molecule has 1 aliphatic heterocycles. The predicted octanol–water partition coefficient (Wildman–Crippen LogP) is 2.52. The molecular weight excluding hydrogens is 270 g/mol. The zero-order valence-electron chi connectivity index (χ0n) is 12.3. The minimum absolute atomic E-state index is 0.226. The van der Waals surface area contributed by atoms with Gasteiger partial charge in [-0.1, -0.05) is 30.3 Å². The Morgan fingerprint density at radius 1 is 1.14 bits per heavy atom. The highest BCUT2D eigenvalue weighted by Gasteiger charge is 2.29. The minimum atomic E-state index is -0.419. The van der Waals surface area contributed by atoms with E-state index < -0.39 is 6.09 Å². The van der Waals surface area contributed by atoms with Gasteiger partial charge in [0.05, 0.1) is 18.7 Å². The van der Waals surface area contributed by atoms with E-state index in [0.717, 1.165) is 11.1 Å². The normalized spacial score (nSPS) is 14.3. The number of ether oxygens (including phenoxy) is 2. The summed E-state index contributed by atoms with van der Waals surface area (Å²) in [6.07, 6.45) is -0.419. The van der Waals surface area contributed by atoms with E-state index in [9.17, 15) is 9.59 Å². The summed E-state index contributed by atoms with van der Waals surface area (Å²) in [7, 11) is 0. The van der Waals surface area contributed by atoms with Crippen molar-refractivity contribution in [3.63, 3.8) is 0 Å². The highest BCUT2D eigenvalue weighted by atomic mass is 16.6. The lowest BCUT2D eigenvalue weighted by atomic mass is 10.2. The number of rotatable bonds is 4. The van der Waals surface area contributed by atoms with Gasteiger partial charge in [0.25, 0.3) is 0 Å². The molecule has 1 aromatic carbocycles. The summed E-state index contributed by atoms with van der Waals surface area (Å²) in [5.41, 5.74) is 2.33. The van der Waals surface area contributed by atoms with Crippen LogP contribution >= 0.6 is 0 Å². The molecule has 0 saturated carbocycles. The lowest BCUT2D eigenvalue weighted by Crippen LogP contribution is -2.30. The molecule has 0 fully saturated rings. The molecule has 0 N–H and O–H groups in total. The molecule has 1 aliphatic rings. The van der Waals surface area contributed by atoms with Gasteiger partial charge in [0.2, 0.25) is 0 Å². The maximum Gasteiger partial charge on any atom is 0.410 e. The maximum atomic E-state index is 12.0. The first kappa shape index (κ1) is 15.1. The van der Waals surface area contributed by atoms with E-state index in [1.807, 2.05) is 37.3 Å². The molecular formula is C16H19NO4. The number of benzene rings is 1. The average Bonchev–Trinajstić information content (AvgIpc) is 2.88. The molecule has 0 bridgehead atoms. The largest absolute Gasteiger partial charge is 0.463 e. The van der Waals surface area contributed by atoms with Crippen LogP contribution in [0, 0.1) is 0 Å². The maximum absolute atomic E-state index is 12.0. The summed E-state index contributed by atoms with van der Waals surface area (Å²) >= 11 is 0. The van der Waals surface area contributed by atoms with Crippen LogP contribution in [-0.4, -0.2) is 36.7 Å². The van der Waals surface area contributed by atoms with Gasteiger partial charge in [-0.2, -0.15) is 0 Å². The molecule has 1 heterocycles. The fraction of sp³-hybridized carbons (Fsp3) is 0.375. The Morgan fingerprint density at radius 3 is 2.52 bits per heavy atom. The molecule has 0 spiro atoms. The van der Waals surface area contributed by atoms with Gasteiger partial charge in [-0.15, -0.1) is 0 Å². The van der Waals surface area contributed by atoms with Gasteiger partial charge in [0.1, 0.15) is 6.61 Å². The van der Waals surface area contributed by atoms with Crippen LogP contribution in [0.1, 0.15) is 19.4 Å².